The van der Waals surface area contributed by atoms with Crippen molar-refractivity contribution >= 4 is 51.0 Å². The Morgan fingerprint density at radius 3 is 2.42 bits per heavy atom. The predicted octanol–water partition coefficient (Wildman–Crippen LogP) is 4.35. The first-order valence-corrected chi connectivity index (χ1v) is 9.54. The first kappa shape index (κ1) is 18.0. The summed E-state index contributed by atoms with van der Waals surface area (Å²) in [5, 5.41) is 4.70. The molecule has 1 N–H and O–H groups in total. The number of carbonyl (C=O) groups excluding carboxylic acids is 1. The molecule has 0 atom stereocenters. The highest BCUT2D eigenvalue weighted by Crippen LogP contribution is 2.74. The summed E-state index contributed by atoms with van der Waals surface area (Å²) in [5.74, 6) is 3.82. The Bertz CT molecular complexity index is 749. The molecule has 2 bridgehead atoms. The number of hydrogen-bond acceptors (Lipinski definition) is 2. The molecule has 0 amide bonds. The molecule has 0 saturated heterocycles. The van der Waals surface area contributed by atoms with Crippen molar-refractivity contribution in [2.24, 2.45) is 10.8 Å². The minimum absolute atomic E-state index is 0.0433. The van der Waals surface area contributed by atoms with Crippen LogP contribution in [-0.4, -0.2) is 29.5 Å². The van der Waals surface area contributed by atoms with Crippen molar-refractivity contribution in [1.82, 2.24) is 5.32 Å². The first-order valence-electron chi connectivity index (χ1n) is 7.80. The van der Waals surface area contributed by atoms with Gasteiger partial charge in [0.15, 0.2) is 0 Å². The molecule has 3 nitrogen and oxygen atoms in total. The minimum atomic E-state index is -0.452. The molecule has 130 valence electrons. The average Bonchev–Trinajstić information content (AvgIpc) is 2.47. The Hall–Kier alpha value is -0.810. The molecule has 3 aliphatic rings. The van der Waals surface area contributed by atoms with Crippen molar-refractivity contribution < 1.29 is 9.53 Å². The lowest BCUT2D eigenvalue weighted by Gasteiger charge is -2.75. The van der Waals surface area contributed by atoms with E-state index in [0.717, 1.165) is 29.8 Å². The second kappa shape index (κ2) is 5.87. The molecular formula is C18H21Cl2NO2S. The van der Waals surface area contributed by atoms with Crippen molar-refractivity contribution in [3.63, 3.8) is 0 Å². The third-order valence-electron chi connectivity index (χ3n) is 5.76. The summed E-state index contributed by atoms with van der Waals surface area (Å²) >= 11 is 12.1. The Morgan fingerprint density at radius 2 is 1.92 bits per heavy atom. The van der Waals surface area contributed by atoms with Crippen LogP contribution in [0.1, 0.15) is 38.7 Å². The molecule has 24 heavy (non-hydrogen) atoms. The maximum Gasteiger partial charge on any atom is 0.311 e. The highest BCUT2D eigenvalue weighted by molar-refractivity contribution is 7.96. The van der Waals surface area contributed by atoms with Gasteiger partial charge in [-0.1, -0.05) is 29.3 Å². The minimum Gasteiger partial charge on any atom is -0.469 e. The molecule has 6 heteroatoms. The van der Waals surface area contributed by atoms with E-state index in [1.807, 2.05) is 26.0 Å². The van der Waals surface area contributed by atoms with Gasteiger partial charge in [-0.25, -0.2) is 0 Å². The van der Waals surface area contributed by atoms with Gasteiger partial charge < -0.3 is 4.74 Å². The maximum absolute atomic E-state index is 12.1. The van der Waals surface area contributed by atoms with Crippen LogP contribution in [0.2, 0.25) is 10.0 Å². The second-order valence-corrected chi connectivity index (χ2v) is 8.95. The van der Waals surface area contributed by atoms with Crippen LogP contribution in [0, 0.1) is 10.8 Å². The van der Waals surface area contributed by atoms with E-state index in [4.69, 9.17) is 27.9 Å². The quantitative estimate of drug-likeness (QED) is 0.618. The van der Waals surface area contributed by atoms with E-state index in [1.54, 1.807) is 6.07 Å². The summed E-state index contributed by atoms with van der Waals surface area (Å²) in [6.45, 7) is 3.98. The standard InChI is InChI=1S/C18H21Cl2NO2S/c1-16(2,15(22)23-3)17-8-18(9-17,10-17)21-14(24-4)11-5-6-12(19)13(20)7-11/h5-7,21H,4,8-10H2,1-3H3. The topological polar surface area (TPSA) is 38.3 Å². The van der Waals surface area contributed by atoms with Gasteiger partial charge in [0.2, 0.25) is 0 Å². The van der Waals surface area contributed by atoms with E-state index in [-0.39, 0.29) is 16.9 Å². The normalized spacial score (nSPS) is 27.7. The summed E-state index contributed by atoms with van der Waals surface area (Å²) in [6.07, 6.45) is 2.90. The molecule has 0 spiro atoms. The number of benzene rings is 1. The van der Waals surface area contributed by atoms with Crippen LogP contribution in [0.3, 0.4) is 0 Å². The highest BCUT2D eigenvalue weighted by Gasteiger charge is 2.74. The largest absolute Gasteiger partial charge is 0.469 e. The van der Waals surface area contributed by atoms with Crippen molar-refractivity contribution in [1.29, 1.82) is 0 Å². The SMILES string of the molecule is C=S=C(NC12CC(C(C)(C)C(=O)OC)(C1)C2)c1ccc(Cl)c(Cl)c1. The summed E-state index contributed by atoms with van der Waals surface area (Å²) < 4.78 is 4.98. The summed E-state index contributed by atoms with van der Waals surface area (Å²) in [4.78, 5) is 13.1. The Balaban J connectivity index is 1.72. The lowest BCUT2D eigenvalue weighted by molar-refractivity contribution is -0.225. The van der Waals surface area contributed by atoms with Crippen molar-refractivity contribution in [3.8, 4) is 0 Å². The summed E-state index contributed by atoms with van der Waals surface area (Å²) in [6, 6.07) is 5.58. The molecule has 4 rings (SSSR count). The predicted molar refractivity (Wildman–Crippen MR) is 103 cm³/mol. The summed E-state index contributed by atoms with van der Waals surface area (Å²) in [5.41, 5.74) is 0.626. The van der Waals surface area contributed by atoms with Gasteiger partial charge in [-0.15, -0.1) is 10.9 Å². The third-order valence-corrected chi connectivity index (χ3v) is 7.12. The number of carbonyl (C=O) groups is 1. The molecule has 3 aliphatic carbocycles. The fourth-order valence-corrected chi connectivity index (χ4v) is 5.01. The van der Waals surface area contributed by atoms with Gasteiger partial charge in [-0.05, 0) is 56.5 Å². The van der Waals surface area contributed by atoms with Crippen molar-refractivity contribution in [2.75, 3.05) is 7.11 Å². The highest BCUT2D eigenvalue weighted by atomic mass is 35.5. The smallest absolute Gasteiger partial charge is 0.311 e. The molecule has 0 unspecified atom stereocenters. The number of nitrogens with one attached hydrogen (secondary N) is 1. The fourth-order valence-electron chi connectivity index (χ4n) is 4.12. The van der Waals surface area contributed by atoms with Crippen LogP contribution < -0.4 is 5.32 Å². The zero-order valence-electron chi connectivity index (χ0n) is 14.0. The van der Waals surface area contributed by atoms with Gasteiger partial charge in [0, 0.05) is 11.1 Å². The zero-order chi connectivity index (χ0) is 17.8. The average molecular weight is 386 g/mol. The van der Waals surface area contributed by atoms with E-state index in [0.29, 0.717) is 10.0 Å². The van der Waals surface area contributed by atoms with Crippen molar-refractivity contribution in [2.45, 2.75) is 38.6 Å². The summed E-state index contributed by atoms with van der Waals surface area (Å²) in [7, 11) is 2.88. The number of methoxy groups -OCH3 is 1. The van der Waals surface area contributed by atoms with Gasteiger partial charge in [-0.2, -0.15) is 0 Å². The van der Waals surface area contributed by atoms with Crippen LogP contribution in [0.5, 0.6) is 0 Å². The van der Waals surface area contributed by atoms with Gasteiger partial charge in [0.1, 0.15) is 0 Å². The molecule has 0 heterocycles. The van der Waals surface area contributed by atoms with Gasteiger partial charge >= 0.3 is 5.97 Å². The molecular weight excluding hydrogens is 365 g/mol. The molecule has 0 aliphatic heterocycles. The van der Waals surface area contributed by atoms with Crippen LogP contribution in [0.4, 0.5) is 0 Å². The van der Waals surface area contributed by atoms with Crippen molar-refractivity contribution in [3.05, 3.63) is 33.8 Å². The Kier molecular flexibility index (Phi) is 4.40. The van der Waals surface area contributed by atoms with E-state index < -0.39 is 5.41 Å². The lowest BCUT2D eigenvalue weighted by atomic mass is 9.32. The first-order chi connectivity index (χ1) is 11.2. The fraction of sp³-hybridized carbons (Fsp3) is 0.500. The van der Waals surface area contributed by atoms with E-state index >= 15 is 0 Å². The number of esters is 1. The second-order valence-electron chi connectivity index (χ2n) is 7.43. The van der Waals surface area contributed by atoms with Gasteiger partial charge in [0.05, 0.1) is 27.6 Å². The number of ether oxygens (including phenoxy) is 1. The van der Waals surface area contributed by atoms with Crippen LogP contribution >= 0.6 is 34.1 Å². The molecule has 1 aromatic carbocycles. The number of rotatable bonds is 4. The zero-order valence-corrected chi connectivity index (χ0v) is 16.4. The maximum atomic E-state index is 12.1. The van der Waals surface area contributed by atoms with Crippen LogP contribution in [0.15, 0.2) is 18.2 Å². The van der Waals surface area contributed by atoms with E-state index in [1.165, 1.54) is 18.0 Å². The monoisotopic (exact) mass is 385 g/mol. The van der Waals surface area contributed by atoms with Gasteiger partial charge in [0.25, 0.3) is 0 Å². The number of hydrogen-bond donors (Lipinski definition) is 1. The molecule has 3 fully saturated rings. The molecule has 0 radical (unpaired) electrons. The van der Waals surface area contributed by atoms with E-state index in [2.05, 4.69) is 11.2 Å². The van der Waals surface area contributed by atoms with Crippen LogP contribution in [0.25, 0.3) is 0 Å². The molecule has 3 saturated carbocycles. The lowest BCUT2D eigenvalue weighted by Crippen LogP contribution is -2.79. The third kappa shape index (κ3) is 2.55. The molecule has 1 aromatic rings. The Labute approximate surface area is 156 Å². The number of halogens is 2. The van der Waals surface area contributed by atoms with Gasteiger partial charge in [-0.3, -0.25) is 10.1 Å². The van der Waals surface area contributed by atoms with Crippen LogP contribution in [-0.2, 0) is 9.53 Å². The Morgan fingerprint density at radius 1 is 1.29 bits per heavy atom. The molecule has 0 aromatic heterocycles. The van der Waals surface area contributed by atoms with E-state index in [9.17, 15) is 4.79 Å².